The van der Waals surface area contributed by atoms with Gasteiger partial charge in [-0.25, -0.2) is 4.79 Å². The molecule has 0 radical (unpaired) electrons. The van der Waals surface area contributed by atoms with Crippen molar-refractivity contribution in [2.45, 2.75) is 32.9 Å². The van der Waals surface area contributed by atoms with Gasteiger partial charge in [-0.15, -0.1) is 0 Å². The zero-order valence-corrected chi connectivity index (χ0v) is 14.2. The highest BCUT2D eigenvalue weighted by molar-refractivity contribution is 5.89. The van der Waals surface area contributed by atoms with Crippen LogP contribution >= 0.6 is 0 Å². The van der Waals surface area contributed by atoms with Gasteiger partial charge in [0.25, 0.3) is 0 Å². The predicted molar refractivity (Wildman–Crippen MR) is 88.1 cm³/mol. The number of hydrogen-bond acceptors (Lipinski definition) is 2. The van der Waals surface area contributed by atoms with Crippen LogP contribution < -0.4 is 10.6 Å². The number of alkyl halides is 3. The van der Waals surface area contributed by atoms with E-state index in [9.17, 15) is 22.8 Å². The summed E-state index contributed by atoms with van der Waals surface area (Å²) in [6.07, 6.45) is -3.24. The molecular weight excluding hydrogens is 335 g/mol. The Morgan fingerprint density at radius 2 is 1.88 bits per heavy atom. The quantitative estimate of drug-likeness (QED) is 0.867. The van der Waals surface area contributed by atoms with Crippen LogP contribution in [0.3, 0.4) is 0 Å². The molecule has 2 rings (SSSR count). The molecule has 1 heterocycles. The Morgan fingerprint density at radius 1 is 1.24 bits per heavy atom. The molecule has 1 aliphatic heterocycles. The Hall–Kier alpha value is -2.25. The summed E-state index contributed by atoms with van der Waals surface area (Å²) in [5.41, 5.74) is -0.653. The number of carbonyl (C=O) groups is 2. The molecule has 1 aromatic carbocycles. The first kappa shape index (κ1) is 19.1. The van der Waals surface area contributed by atoms with Crippen LogP contribution in [0.15, 0.2) is 24.3 Å². The molecule has 0 bridgehead atoms. The number of halogens is 3. The SMILES string of the molecule is CCC(=O)NCC1(C)CCN(C(=O)Nc2ccc(C(F)(F)F)cc2)C1. The van der Waals surface area contributed by atoms with Crippen LogP contribution in [-0.2, 0) is 11.0 Å². The minimum atomic E-state index is -4.40. The van der Waals surface area contributed by atoms with Crippen molar-refractivity contribution >= 4 is 17.6 Å². The van der Waals surface area contributed by atoms with Gasteiger partial charge < -0.3 is 15.5 Å². The van der Waals surface area contributed by atoms with Crippen LogP contribution in [0.5, 0.6) is 0 Å². The third-order valence-corrected chi connectivity index (χ3v) is 4.34. The molecule has 0 aromatic heterocycles. The Kier molecular flexibility index (Phi) is 5.59. The monoisotopic (exact) mass is 357 g/mol. The Morgan fingerprint density at radius 3 is 2.44 bits per heavy atom. The van der Waals surface area contributed by atoms with Gasteiger partial charge in [-0.05, 0) is 30.7 Å². The van der Waals surface area contributed by atoms with E-state index in [0.29, 0.717) is 31.7 Å². The molecule has 1 saturated heterocycles. The molecule has 0 saturated carbocycles. The Bertz CT molecular complexity index is 631. The summed E-state index contributed by atoms with van der Waals surface area (Å²) >= 11 is 0. The second-order valence-electron chi connectivity index (χ2n) is 6.62. The van der Waals surface area contributed by atoms with Crippen molar-refractivity contribution < 1.29 is 22.8 Å². The van der Waals surface area contributed by atoms with Gasteiger partial charge in [0.15, 0.2) is 0 Å². The first-order valence-corrected chi connectivity index (χ1v) is 8.13. The molecule has 1 unspecified atom stereocenters. The van der Waals surface area contributed by atoms with Gasteiger partial charge in [0.2, 0.25) is 5.91 Å². The van der Waals surface area contributed by atoms with Crippen molar-refractivity contribution in [2.24, 2.45) is 5.41 Å². The molecule has 3 amide bonds. The third-order valence-electron chi connectivity index (χ3n) is 4.34. The van der Waals surface area contributed by atoms with E-state index >= 15 is 0 Å². The molecule has 25 heavy (non-hydrogen) atoms. The predicted octanol–water partition coefficient (Wildman–Crippen LogP) is 3.48. The zero-order valence-electron chi connectivity index (χ0n) is 14.2. The van der Waals surface area contributed by atoms with Crippen LogP contribution in [0.4, 0.5) is 23.7 Å². The number of nitrogens with zero attached hydrogens (tertiary/aromatic N) is 1. The lowest BCUT2D eigenvalue weighted by atomic mass is 9.90. The first-order valence-electron chi connectivity index (χ1n) is 8.13. The van der Waals surface area contributed by atoms with E-state index in [1.54, 1.807) is 11.8 Å². The van der Waals surface area contributed by atoms with Crippen molar-refractivity contribution in [3.8, 4) is 0 Å². The molecule has 0 aliphatic carbocycles. The lowest BCUT2D eigenvalue weighted by molar-refractivity contribution is -0.137. The number of carbonyl (C=O) groups excluding carboxylic acids is 2. The molecule has 5 nitrogen and oxygen atoms in total. The first-order chi connectivity index (χ1) is 11.6. The van der Waals surface area contributed by atoms with Crippen LogP contribution in [0.25, 0.3) is 0 Å². The van der Waals surface area contributed by atoms with Crippen molar-refractivity contribution in [1.82, 2.24) is 10.2 Å². The summed E-state index contributed by atoms with van der Waals surface area (Å²) in [4.78, 5) is 25.3. The van der Waals surface area contributed by atoms with Gasteiger partial charge in [-0.3, -0.25) is 4.79 Å². The summed E-state index contributed by atoms with van der Waals surface area (Å²) in [6.45, 7) is 5.27. The lowest BCUT2D eigenvalue weighted by Gasteiger charge is -2.25. The number of urea groups is 1. The molecular formula is C17H22F3N3O2. The van der Waals surface area contributed by atoms with Gasteiger partial charge in [0.1, 0.15) is 0 Å². The van der Waals surface area contributed by atoms with Gasteiger partial charge in [0.05, 0.1) is 5.56 Å². The normalized spacial score (nSPS) is 20.4. The van der Waals surface area contributed by atoms with Crippen LogP contribution in [0.1, 0.15) is 32.3 Å². The number of nitrogens with one attached hydrogen (secondary N) is 2. The molecule has 1 aliphatic rings. The summed E-state index contributed by atoms with van der Waals surface area (Å²) in [7, 11) is 0. The molecule has 0 spiro atoms. The van der Waals surface area contributed by atoms with Gasteiger partial charge in [0, 0.05) is 37.2 Å². The van der Waals surface area contributed by atoms with E-state index in [1.165, 1.54) is 12.1 Å². The highest BCUT2D eigenvalue weighted by atomic mass is 19.4. The largest absolute Gasteiger partial charge is 0.416 e. The maximum absolute atomic E-state index is 12.5. The van der Waals surface area contributed by atoms with E-state index in [1.807, 2.05) is 6.92 Å². The minimum Gasteiger partial charge on any atom is -0.355 e. The number of anilines is 1. The second-order valence-corrected chi connectivity index (χ2v) is 6.62. The molecule has 1 aromatic rings. The molecule has 8 heteroatoms. The summed E-state index contributed by atoms with van der Waals surface area (Å²) in [6, 6.07) is 3.98. The molecule has 1 atom stereocenters. The van der Waals surface area contributed by atoms with E-state index in [2.05, 4.69) is 10.6 Å². The number of rotatable bonds is 4. The topological polar surface area (TPSA) is 61.4 Å². The van der Waals surface area contributed by atoms with Crippen LogP contribution in [-0.4, -0.2) is 36.5 Å². The average molecular weight is 357 g/mol. The van der Waals surface area contributed by atoms with E-state index in [4.69, 9.17) is 0 Å². The fourth-order valence-electron chi connectivity index (χ4n) is 2.72. The fraction of sp³-hybridized carbons (Fsp3) is 0.529. The van der Waals surface area contributed by atoms with Crippen LogP contribution in [0.2, 0.25) is 0 Å². The zero-order chi connectivity index (χ0) is 18.7. The standard InChI is InChI=1S/C17H22F3N3O2/c1-3-14(24)21-10-16(2)8-9-23(11-16)15(25)22-13-6-4-12(5-7-13)17(18,19)20/h4-7H,3,8-11H2,1-2H3,(H,21,24)(H,22,25). The number of benzene rings is 1. The Balaban J connectivity index is 1.90. The second kappa shape index (κ2) is 7.33. The summed E-state index contributed by atoms with van der Waals surface area (Å²) in [5.74, 6) is -0.0334. The number of likely N-dealkylation sites (tertiary alicyclic amines) is 1. The van der Waals surface area contributed by atoms with Crippen molar-refractivity contribution in [2.75, 3.05) is 25.0 Å². The maximum Gasteiger partial charge on any atom is 0.416 e. The lowest BCUT2D eigenvalue weighted by Crippen LogP contribution is -2.39. The highest BCUT2D eigenvalue weighted by Crippen LogP contribution is 2.31. The molecule has 1 fully saturated rings. The highest BCUT2D eigenvalue weighted by Gasteiger charge is 2.36. The van der Waals surface area contributed by atoms with Gasteiger partial charge in [-0.2, -0.15) is 13.2 Å². The molecule has 2 N–H and O–H groups in total. The van der Waals surface area contributed by atoms with Crippen molar-refractivity contribution in [3.63, 3.8) is 0 Å². The summed E-state index contributed by atoms with van der Waals surface area (Å²) < 4.78 is 37.6. The third kappa shape index (κ3) is 5.11. The van der Waals surface area contributed by atoms with Gasteiger partial charge >= 0.3 is 12.2 Å². The summed E-state index contributed by atoms with van der Waals surface area (Å²) in [5, 5.41) is 5.45. The van der Waals surface area contributed by atoms with E-state index < -0.39 is 11.7 Å². The molecule has 138 valence electrons. The number of amides is 3. The van der Waals surface area contributed by atoms with E-state index in [0.717, 1.165) is 18.6 Å². The smallest absolute Gasteiger partial charge is 0.355 e. The average Bonchev–Trinajstić information content (AvgIpc) is 2.95. The fourth-order valence-corrected chi connectivity index (χ4v) is 2.72. The van der Waals surface area contributed by atoms with E-state index in [-0.39, 0.29) is 17.4 Å². The minimum absolute atomic E-state index is 0.0334. The Labute approximate surface area is 144 Å². The maximum atomic E-state index is 12.5. The van der Waals surface area contributed by atoms with Gasteiger partial charge in [-0.1, -0.05) is 13.8 Å². The number of hydrogen-bond donors (Lipinski definition) is 2. The van der Waals surface area contributed by atoms with Crippen molar-refractivity contribution in [1.29, 1.82) is 0 Å². The van der Waals surface area contributed by atoms with Crippen molar-refractivity contribution in [3.05, 3.63) is 29.8 Å². The van der Waals surface area contributed by atoms with Crippen LogP contribution in [0, 0.1) is 5.41 Å².